The molecule has 4 saturated carbocycles. The minimum absolute atomic E-state index is 0.663. The van der Waals surface area contributed by atoms with Crippen LogP contribution < -0.4 is 0 Å². The van der Waals surface area contributed by atoms with Crippen LogP contribution >= 0.6 is 0 Å². The second-order valence-electron chi connectivity index (χ2n) is 11.7. The first-order valence-corrected chi connectivity index (χ1v) is 11.8. The van der Waals surface area contributed by atoms with E-state index < -0.39 is 0 Å². The van der Waals surface area contributed by atoms with Crippen LogP contribution in [0.3, 0.4) is 0 Å². The lowest BCUT2D eigenvalue weighted by Crippen LogP contribution is -2.56. The third-order valence-electron chi connectivity index (χ3n) is 10.7. The maximum atomic E-state index is 2.73. The monoisotopic (exact) mass is 344 g/mol. The summed E-state index contributed by atoms with van der Waals surface area (Å²) in [5.41, 5.74) is 1.34. The molecule has 0 N–H and O–H groups in total. The minimum atomic E-state index is 0.663. The Kier molecular flexibility index (Phi) is 4.61. The van der Waals surface area contributed by atoms with Crippen LogP contribution in [0.1, 0.15) is 99.3 Å². The molecule has 25 heavy (non-hydrogen) atoms. The van der Waals surface area contributed by atoms with Crippen molar-refractivity contribution in [2.24, 2.45) is 58.2 Å². The standard InChI is InChI=1S/C25H44/c1-7-17(3)20-8-9-21-23-18(4)15-19-14-16(2)10-12-24(19,5)22(23)11-13-25(20,21)6/h16-23H,7-15H2,1-6H3/t16?,17?,18?,19?,20-,21?,22?,23?,24+,25-/m1/s1. The molecule has 10 atom stereocenters. The number of hydrogen-bond acceptors (Lipinski definition) is 0. The van der Waals surface area contributed by atoms with Gasteiger partial charge in [-0.25, -0.2) is 0 Å². The van der Waals surface area contributed by atoms with Crippen LogP contribution in [-0.2, 0) is 0 Å². The van der Waals surface area contributed by atoms with E-state index in [9.17, 15) is 0 Å². The fourth-order valence-corrected chi connectivity index (χ4v) is 9.11. The summed E-state index contributed by atoms with van der Waals surface area (Å²) in [7, 11) is 0. The van der Waals surface area contributed by atoms with E-state index in [1.165, 1.54) is 32.1 Å². The summed E-state index contributed by atoms with van der Waals surface area (Å²) >= 11 is 0. The Morgan fingerprint density at radius 3 is 2.28 bits per heavy atom. The first-order chi connectivity index (χ1) is 11.8. The molecule has 0 heteroatoms. The smallest absolute Gasteiger partial charge is 0.0264 e. The quantitative estimate of drug-likeness (QED) is 0.484. The molecule has 4 rings (SSSR count). The van der Waals surface area contributed by atoms with E-state index in [1.807, 2.05) is 0 Å². The molecule has 0 bridgehead atoms. The maximum absolute atomic E-state index is 2.73. The molecule has 4 aliphatic carbocycles. The summed E-state index contributed by atoms with van der Waals surface area (Å²) in [6.07, 6.45) is 13.7. The minimum Gasteiger partial charge on any atom is -0.0651 e. The predicted octanol–water partition coefficient (Wildman–Crippen LogP) is 7.57. The molecule has 4 aliphatic rings. The number of hydrogen-bond donors (Lipinski definition) is 0. The second kappa shape index (κ2) is 6.27. The second-order valence-corrected chi connectivity index (χ2v) is 11.7. The third-order valence-corrected chi connectivity index (χ3v) is 10.7. The first kappa shape index (κ1) is 18.4. The Labute approximate surface area is 157 Å². The van der Waals surface area contributed by atoms with Crippen LogP contribution in [0.25, 0.3) is 0 Å². The summed E-state index contributed by atoms with van der Waals surface area (Å²) in [6.45, 7) is 15.6. The van der Waals surface area contributed by atoms with E-state index in [4.69, 9.17) is 0 Å². The van der Waals surface area contributed by atoms with Crippen molar-refractivity contribution in [3.05, 3.63) is 0 Å². The molecular weight excluding hydrogens is 300 g/mol. The van der Waals surface area contributed by atoms with Gasteiger partial charge in [-0.05, 0) is 103 Å². The van der Waals surface area contributed by atoms with Crippen LogP contribution in [0.2, 0.25) is 0 Å². The molecule has 0 heterocycles. The van der Waals surface area contributed by atoms with Crippen molar-refractivity contribution in [2.45, 2.75) is 99.3 Å². The van der Waals surface area contributed by atoms with E-state index in [0.717, 1.165) is 47.3 Å². The van der Waals surface area contributed by atoms with E-state index in [-0.39, 0.29) is 0 Å². The largest absolute Gasteiger partial charge is 0.0651 e. The molecule has 0 spiro atoms. The molecule has 144 valence electrons. The Morgan fingerprint density at radius 2 is 1.56 bits per heavy atom. The van der Waals surface area contributed by atoms with Gasteiger partial charge in [-0.1, -0.05) is 54.4 Å². The van der Waals surface area contributed by atoms with Crippen molar-refractivity contribution < 1.29 is 0 Å². The highest BCUT2D eigenvalue weighted by atomic mass is 14.7. The molecular formula is C25H44. The van der Waals surface area contributed by atoms with Gasteiger partial charge in [0.05, 0.1) is 0 Å². The van der Waals surface area contributed by atoms with Gasteiger partial charge in [0.25, 0.3) is 0 Å². The molecule has 0 saturated heterocycles. The predicted molar refractivity (Wildman–Crippen MR) is 108 cm³/mol. The number of rotatable bonds is 2. The fourth-order valence-electron chi connectivity index (χ4n) is 9.11. The van der Waals surface area contributed by atoms with Crippen LogP contribution in [0, 0.1) is 58.2 Å². The lowest BCUT2D eigenvalue weighted by atomic mass is 9.42. The molecule has 0 nitrogen and oxygen atoms in total. The summed E-state index contributed by atoms with van der Waals surface area (Å²) in [5, 5.41) is 0. The van der Waals surface area contributed by atoms with Gasteiger partial charge in [-0.3, -0.25) is 0 Å². The van der Waals surface area contributed by atoms with E-state index in [0.29, 0.717) is 10.8 Å². The molecule has 0 radical (unpaired) electrons. The lowest BCUT2D eigenvalue weighted by Gasteiger charge is -2.63. The van der Waals surface area contributed by atoms with Crippen LogP contribution in [-0.4, -0.2) is 0 Å². The van der Waals surface area contributed by atoms with Gasteiger partial charge in [-0.15, -0.1) is 0 Å². The van der Waals surface area contributed by atoms with Crippen LogP contribution in [0.15, 0.2) is 0 Å². The zero-order chi connectivity index (χ0) is 18.0. The normalized spacial score (nSPS) is 56.6. The van der Waals surface area contributed by atoms with Gasteiger partial charge in [0.1, 0.15) is 0 Å². The van der Waals surface area contributed by atoms with Crippen molar-refractivity contribution in [3.63, 3.8) is 0 Å². The van der Waals surface area contributed by atoms with E-state index >= 15 is 0 Å². The van der Waals surface area contributed by atoms with Gasteiger partial charge in [0, 0.05) is 0 Å². The summed E-state index contributed by atoms with van der Waals surface area (Å²) in [4.78, 5) is 0. The summed E-state index contributed by atoms with van der Waals surface area (Å²) in [5.74, 6) is 8.06. The topological polar surface area (TPSA) is 0 Å². The molecule has 0 aromatic rings. The molecule has 0 amide bonds. The van der Waals surface area contributed by atoms with Gasteiger partial charge in [0.2, 0.25) is 0 Å². The summed E-state index contributed by atoms with van der Waals surface area (Å²) < 4.78 is 0. The maximum Gasteiger partial charge on any atom is -0.0264 e. The Bertz CT molecular complexity index is 494. The van der Waals surface area contributed by atoms with E-state index in [1.54, 1.807) is 25.7 Å². The average molecular weight is 345 g/mol. The molecule has 0 aliphatic heterocycles. The Hall–Kier alpha value is 0. The SMILES string of the molecule is CCC(C)[C@H]1CCC2C3C(C)CC4CC(C)CC[C@]4(C)C3CC[C@@]21C. The Morgan fingerprint density at radius 1 is 0.880 bits per heavy atom. The highest BCUT2D eigenvalue weighted by Gasteiger charge is 2.61. The lowest BCUT2D eigenvalue weighted by molar-refractivity contribution is -0.142. The van der Waals surface area contributed by atoms with Crippen molar-refractivity contribution in [1.29, 1.82) is 0 Å². The van der Waals surface area contributed by atoms with Crippen molar-refractivity contribution in [1.82, 2.24) is 0 Å². The van der Waals surface area contributed by atoms with Gasteiger partial charge >= 0.3 is 0 Å². The van der Waals surface area contributed by atoms with Crippen molar-refractivity contribution in [2.75, 3.05) is 0 Å². The zero-order valence-electron chi connectivity index (χ0n) is 18.0. The van der Waals surface area contributed by atoms with Crippen LogP contribution in [0.5, 0.6) is 0 Å². The average Bonchev–Trinajstić information content (AvgIpc) is 2.93. The molecule has 0 aromatic heterocycles. The first-order valence-electron chi connectivity index (χ1n) is 11.8. The molecule has 7 unspecified atom stereocenters. The van der Waals surface area contributed by atoms with Crippen molar-refractivity contribution >= 4 is 0 Å². The summed E-state index contributed by atoms with van der Waals surface area (Å²) in [6, 6.07) is 0. The van der Waals surface area contributed by atoms with Crippen LogP contribution in [0.4, 0.5) is 0 Å². The highest BCUT2D eigenvalue weighted by Crippen LogP contribution is 2.69. The van der Waals surface area contributed by atoms with Crippen molar-refractivity contribution in [3.8, 4) is 0 Å². The van der Waals surface area contributed by atoms with Gasteiger partial charge < -0.3 is 0 Å². The Balaban J connectivity index is 1.63. The van der Waals surface area contributed by atoms with E-state index in [2.05, 4.69) is 41.5 Å². The van der Waals surface area contributed by atoms with Gasteiger partial charge in [-0.2, -0.15) is 0 Å². The molecule has 4 fully saturated rings. The highest BCUT2D eigenvalue weighted by molar-refractivity contribution is 5.10. The number of fused-ring (bicyclic) bond motifs is 5. The fraction of sp³-hybridized carbons (Fsp3) is 1.00. The van der Waals surface area contributed by atoms with Gasteiger partial charge in [0.15, 0.2) is 0 Å². The zero-order valence-corrected chi connectivity index (χ0v) is 18.0. The third kappa shape index (κ3) is 2.59. The molecule has 0 aromatic carbocycles.